The van der Waals surface area contributed by atoms with Crippen molar-refractivity contribution >= 4 is 45.1 Å². The van der Waals surface area contributed by atoms with E-state index in [1.807, 2.05) is 48.5 Å². The monoisotopic (exact) mass is 463 g/mol. The van der Waals surface area contributed by atoms with Gasteiger partial charge >= 0.3 is 0 Å². The summed E-state index contributed by atoms with van der Waals surface area (Å²) in [7, 11) is 1.57. The lowest BCUT2D eigenvalue weighted by Gasteiger charge is -2.09. The Morgan fingerprint density at radius 3 is 2.56 bits per heavy atom. The highest BCUT2D eigenvalue weighted by Crippen LogP contribution is 2.31. The summed E-state index contributed by atoms with van der Waals surface area (Å²) < 4.78 is 7.35. The summed E-state index contributed by atoms with van der Waals surface area (Å²) in [6, 6.07) is 22.6. The van der Waals surface area contributed by atoms with Gasteiger partial charge < -0.3 is 4.74 Å². The molecule has 3 aromatic carbocycles. The Kier molecular flexibility index (Phi) is 7.03. The molecule has 0 saturated carbocycles. The number of nitrogens with zero attached hydrogens (tertiary/aromatic N) is 1. The van der Waals surface area contributed by atoms with Crippen molar-refractivity contribution in [2.45, 2.75) is 16.5 Å². The standard InChI is InChI=1S/C24H21N3O3S2/c1-30-19-6-4-5-17(13-19)14-22(28)26-27-23(29)18-11-9-16(10-12-18)15-31-24-25-20-7-2-3-8-21(20)32-24/h2-13H,14-15H2,1H3,(H,26,28)(H,27,29). The van der Waals surface area contributed by atoms with Crippen LogP contribution < -0.4 is 15.6 Å². The second kappa shape index (κ2) is 10.3. The molecule has 0 saturated heterocycles. The zero-order valence-electron chi connectivity index (χ0n) is 17.3. The number of fused-ring (bicyclic) bond motifs is 1. The van der Waals surface area contributed by atoms with Crippen LogP contribution in [0, 0.1) is 0 Å². The molecule has 0 radical (unpaired) electrons. The van der Waals surface area contributed by atoms with Crippen LogP contribution in [0.25, 0.3) is 10.2 Å². The lowest BCUT2D eigenvalue weighted by atomic mass is 10.1. The molecule has 0 spiro atoms. The zero-order chi connectivity index (χ0) is 22.3. The van der Waals surface area contributed by atoms with Crippen LogP contribution in [-0.2, 0) is 17.0 Å². The molecular weight excluding hydrogens is 442 g/mol. The first-order valence-electron chi connectivity index (χ1n) is 9.90. The number of carbonyl (C=O) groups excluding carboxylic acids is 2. The van der Waals surface area contributed by atoms with E-state index in [1.165, 1.54) is 4.70 Å². The van der Waals surface area contributed by atoms with Gasteiger partial charge in [-0.3, -0.25) is 20.4 Å². The first-order valence-corrected chi connectivity index (χ1v) is 11.7. The number of benzene rings is 3. The second-order valence-electron chi connectivity index (χ2n) is 6.96. The Hall–Kier alpha value is -3.36. The van der Waals surface area contributed by atoms with Gasteiger partial charge in [-0.15, -0.1) is 11.3 Å². The minimum Gasteiger partial charge on any atom is -0.497 e. The summed E-state index contributed by atoms with van der Waals surface area (Å²) in [5, 5.41) is 0. The molecule has 0 atom stereocenters. The summed E-state index contributed by atoms with van der Waals surface area (Å²) >= 11 is 3.35. The number of rotatable bonds is 7. The molecule has 0 aliphatic heterocycles. The van der Waals surface area contributed by atoms with E-state index in [1.54, 1.807) is 48.4 Å². The predicted molar refractivity (Wildman–Crippen MR) is 128 cm³/mol. The molecule has 1 heterocycles. The molecule has 8 heteroatoms. The Labute approximate surface area is 194 Å². The molecular formula is C24H21N3O3S2. The lowest BCUT2D eigenvalue weighted by molar-refractivity contribution is -0.121. The third-order valence-corrected chi connectivity index (χ3v) is 6.92. The van der Waals surface area contributed by atoms with Crippen molar-refractivity contribution in [1.29, 1.82) is 0 Å². The average molecular weight is 464 g/mol. The number of carbonyl (C=O) groups is 2. The van der Waals surface area contributed by atoms with Gasteiger partial charge in [-0.05, 0) is 47.5 Å². The third-order valence-electron chi connectivity index (χ3n) is 4.67. The molecule has 6 nitrogen and oxygen atoms in total. The van der Waals surface area contributed by atoms with Crippen molar-refractivity contribution in [2.24, 2.45) is 0 Å². The Morgan fingerprint density at radius 1 is 0.969 bits per heavy atom. The minimum absolute atomic E-state index is 0.138. The van der Waals surface area contributed by atoms with E-state index in [0.29, 0.717) is 11.3 Å². The number of methoxy groups -OCH3 is 1. The summed E-state index contributed by atoms with van der Waals surface area (Å²) in [6.07, 6.45) is 0.138. The highest BCUT2D eigenvalue weighted by molar-refractivity contribution is 8.00. The van der Waals surface area contributed by atoms with Crippen LogP contribution in [0.2, 0.25) is 0 Å². The number of hydrazine groups is 1. The molecule has 32 heavy (non-hydrogen) atoms. The van der Waals surface area contributed by atoms with Crippen LogP contribution in [0.5, 0.6) is 5.75 Å². The Balaban J connectivity index is 1.26. The van der Waals surface area contributed by atoms with Gasteiger partial charge in [0.2, 0.25) is 5.91 Å². The number of aromatic nitrogens is 1. The number of amides is 2. The summed E-state index contributed by atoms with van der Waals surface area (Å²) in [4.78, 5) is 29.1. The van der Waals surface area contributed by atoms with E-state index in [-0.39, 0.29) is 18.2 Å². The van der Waals surface area contributed by atoms with E-state index < -0.39 is 0 Å². The van der Waals surface area contributed by atoms with Gasteiger partial charge in [-0.1, -0.05) is 48.2 Å². The van der Waals surface area contributed by atoms with Crippen LogP contribution in [0.15, 0.2) is 77.1 Å². The van der Waals surface area contributed by atoms with E-state index in [9.17, 15) is 9.59 Å². The molecule has 0 bridgehead atoms. The van der Waals surface area contributed by atoms with E-state index >= 15 is 0 Å². The van der Waals surface area contributed by atoms with E-state index in [4.69, 9.17) is 4.74 Å². The largest absolute Gasteiger partial charge is 0.497 e. The van der Waals surface area contributed by atoms with Crippen LogP contribution in [0.3, 0.4) is 0 Å². The first kappa shape index (κ1) is 21.9. The highest BCUT2D eigenvalue weighted by atomic mass is 32.2. The average Bonchev–Trinajstić information content (AvgIpc) is 3.25. The van der Waals surface area contributed by atoms with Crippen LogP contribution in [-0.4, -0.2) is 23.9 Å². The lowest BCUT2D eigenvalue weighted by Crippen LogP contribution is -2.42. The van der Waals surface area contributed by atoms with E-state index in [2.05, 4.69) is 21.9 Å². The maximum absolute atomic E-state index is 12.3. The number of hydrogen-bond donors (Lipinski definition) is 2. The first-order chi connectivity index (χ1) is 15.6. The van der Waals surface area contributed by atoms with Gasteiger partial charge in [0.1, 0.15) is 5.75 Å². The fourth-order valence-corrected chi connectivity index (χ4v) is 5.05. The van der Waals surface area contributed by atoms with Crippen molar-refractivity contribution in [3.63, 3.8) is 0 Å². The fraction of sp³-hybridized carbons (Fsp3) is 0.125. The molecule has 1 aromatic heterocycles. The number of thiazole rings is 1. The summed E-state index contributed by atoms with van der Waals surface area (Å²) in [5.74, 6) is 0.768. The maximum atomic E-state index is 12.3. The summed E-state index contributed by atoms with van der Waals surface area (Å²) in [5.41, 5.74) is 8.28. The molecule has 4 rings (SSSR count). The number of thioether (sulfide) groups is 1. The van der Waals surface area contributed by atoms with E-state index in [0.717, 1.165) is 26.7 Å². The van der Waals surface area contributed by atoms with Gasteiger partial charge in [-0.25, -0.2) is 4.98 Å². The predicted octanol–water partition coefficient (Wildman–Crippen LogP) is 4.60. The number of para-hydroxylation sites is 1. The van der Waals surface area contributed by atoms with Gasteiger partial charge in [-0.2, -0.15) is 0 Å². The van der Waals surface area contributed by atoms with Crippen molar-refractivity contribution in [2.75, 3.05) is 7.11 Å². The van der Waals surface area contributed by atoms with Gasteiger partial charge in [0.05, 0.1) is 23.7 Å². The number of hydrogen-bond acceptors (Lipinski definition) is 6. The quantitative estimate of drug-likeness (QED) is 0.309. The smallest absolute Gasteiger partial charge is 0.269 e. The highest BCUT2D eigenvalue weighted by Gasteiger charge is 2.09. The Bertz CT molecular complexity index is 1210. The number of ether oxygens (including phenoxy) is 1. The SMILES string of the molecule is COc1cccc(CC(=O)NNC(=O)c2ccc(CSc3nc4ccccc4s3)cc2)c1. The molecule has 0 fully saturated rings. The van der Waals surface area contributed by atoms with Crippen molar-refractivity contribution < 1.29 is 14.3 Å². The third kappa shape index (κ3) is 5.66. The minimum atomic E-state index is -0.366. The second-order valence-corrected chi connectivity index (χ2v) is 9.22. The van der Waals surface area contributed by atoms with Crippen molar-refractivity contribution in [3.8, 4) is 5.75 Å². The molecule has 4 aromatic rings. The topological polar surface area (TPSA) is 80.3 Å². The molecule has 162 valence electrons. The van der Waals surface area contributed by atoms with Crippen LogP contribution >= 0.6 is 23.1 Å². The fourth-order valence-electron chi connectivity index (χ4n) is 3.02. The van der Waals surface area contributed by atoms with Crippen molar-refractivity contribution in [1.82, 2.24) is 15.8 Å². The van der Waals surface area contributed by atoms with Crippen LogP contribution in [0.1, 0.15) is 21.5 Å². The summed E-state index contributed by atoms with van der Waals surface area (Å²) in [6.45, 7) is 0. The molecule has 0 unspecified atom stereocenters. The van der Waals surface area contributed by atoms with Crippen molar-refractivity contribution in [3.05, 3.63) is 89.5 Å². The number of nitrogens with one attached hydrogen (secondary N) is 2. The maximum Gasteiger partial charge on any atom is 0.269 e. The van der Waals surface area contributed by atoms with Gasteiger partial charge in [0.25, 0.3) is 5.91 Å². The molecule has 2 N–H and O–H groups in total. The molecule has 0 aliphatic carbocycles. The van der Waals surface area contributed by atoms with Crippen LogP contribution in [0.4, 0.5) is 0 Å². The van der Waals surface area contributed by atoms with Gasteiger partial charge in [0, 0.05) is 11.3 Å². The Morgan fingerprint density at radius 2 is 1.78 bits per heavy atom. The zero-order valence-corrected chi connectivity index (χ0v) is 19.0. The molecule has 0 aliphatic rings. The normalized spacial score (nSPS) is 10.7. The van der Waals surface area contributed by atoms with Gasteiger partial charge in [0.15, 0.2) is 4.34 Å². The molecule has 2 amide bonds.